The van der Waals surface area contributed by atoms with Gasteiger partial charge in [-0.15, -0.1) is 12.4 Å². The van der Waals surface area contributed by atoms with Gasteiger partial charge in [-0.25, -0.2) is 8.42 Å². The zero-order chi connectivity index (χ0) is 18.7. The summed E-state index contributed by atoms with van der Waals surface area (Å²) in [6.45, 7) is 4.10. The zero-order valence-electron chi connectivity index (χ0n) is 15.4. The number of benzene rings is 1. The maximum absolute atomic E-state index is 13.0. The minimum atomic E-state index is -3.55. The Morgan fingerprint density at radius 2 is 2.11 bits per heavy atom. The minimum Gasteiger partial charge on any atom is -0.354 e. The highest BCUT2D eigenvalue weighted by Gasteiger charge is 2.32. The number of halogens is 2. The lowest BCUT2D eigenvalue weighted by molar-refractivity contribution is -0.123. The largest absolute Gasteiger partial charge is 0.354 e. The molecule has 0 saturated carbocycles. The second-order valence-corrected chi connectivity index (χ2v) is 9.52. The van der Waals surface area contributed by atoms with Gasteiger partial charge in [-0.05, 0) is 68.8 Å². The van der Waals surface area contributed by atoms with Crippen molar-refractivity contribution in [3.05, 3.63) is 28.8 Å². The summed E-state index contributed by atoms with van der Waals surface area (Å²) in [5.74, 6) is 0.160. The van der Waals surface area contributed by atoms with E-state index in [1.807, 2.05) is 0 Å². The lowest BCUT2D eigenvalue weighted by atomic mass is 9.99. The summed E-state index contributed by atoms with van der Waals surface area (Å²) in [5.41, 5.74) is 0.653. The van der Waals surface area contributed by atoms with Crippen LogP contribution in [0.25, 0.3) is 0 Å². The Bertz CT molecular complexity index is 767. The molecular formula is C18H27Cl2N3O3S. The number of nitrogens with one attached hydrogen (secondary N) is 2. The van der Waals surface area contributed by atoms with Crippen LogP contribution < -0.4 is 10.6 Å². The van der Waals surface area contributed by atoms with Gasteiger partial charge in [0, 0.05) is 24.7 Å². The smallest absolute Gasteiger partial charge is 0.243 e. The van der Waals surface area contributed by atoms with E-state index in [1.54, 1.807) is 25.1 Å². The maximum Gasteiger partial charge on any atom is 0.243 e. The van der Waals surface area contributed by atoms with Crippen molar-refractivity contribution < 1.29 is 13.2 Å². The van der Waals surface area contributed by atoms with Crippen LogP contribution >= 0.6 is 24.0 Å². The Hall–Kier alpha value is -0.860. The summed E-state index contributed by atoms with van der Waals surface area (Å²) in [4.78, 5) is 12.5. The summed E-state index contributed by atoms with van der Waals surface area (Å²) in [7, 11) is -3.55. The van der Waals surface area contributed by atoms with Gasteiger partial charge in [0.15, 0.2) is 0 Å². The van der Waals surface area contributed by atoms with E-state index >= 15 is 0 Å². The van der Waals surface area contributed by atoms with Crippen molar-refractivity contribution in [1.82, 2.24) is 14.9 Å². The number of carbonyl (C=O) groups is 1. The number of aryl methyl sites for hydroxylation is 1. The van der Waals surface area contributed by atoms with Gasteiger partial charge in [0.1, 0.15) is 0 Å². The number of sulfonamides is 1. The van der Waals surface area contributed by atoms with Crippen LogP contribution in [0.4, 0.5) is 0 Å². The van der Waals surface area contributed by atoms with E-state index in [0.717, 1.165) is 32.2 Å². The molecule has 27 heavy (non-hydrogen) atoms. The molecule has 0 aliphatic carbocycles. The lowest BCUT2D eigenvalue weighted by Crippen LogP contribution is -2.46. The molecule has 0 aromatic heterocycles. The summed E-state index contributed by atoms with van der Waals surface area (Å²) >= 11 is 5.95. The molecule has 2 saturated heterocycles. The Kier molecular flexibility index (Phi) is 7.94. The van der Waals surface area contributed by atoms with E-state index in [4.69, 9.17) is 11.6 Å². The summed E-state index contributed by atoms with van der Waals surface area (Å²) < 4.78 is 27.5. The first-order valence-electron chi connectivity index (χ1n) is 9.15. The highest BCUT2D eigenvalue weighted by molar-refractivity contribution is 7.89. The van der Waals surface area contributed by atoms with Crippen LogP contribution in [0.5, 0.6) is 0 Å². The average Bonchev–Trinajstić information content (AvgIpc) is 3.14. The zero-order valence-corrected chi connectivity index (χ0v) is 17.8. The Morgan fingerprint density at radius 3 is 2.78 bits per heavy atom. The minimum absolute atomic E-state index is 0. The van der Waals surface area contributed by atoms with Crippen molar-refractivity contribution in [2.45, 2.75) is 43.5 Å². The fourth-order valence-electron chi connectivity index (χ4n) is 3.73. The third kappa shape index (κ3) is 5.35. The number of nitrogens with zero attached hydrogens (tertiary/aromatic N) is 1. The van der Waals surface area contributed by atoms with Crippen LogP contribution in [-0.4, -0.2) is 50.9 Å². The van der Waals surface area contributed by atoms with Gasteiger partial charge in [0.25, 0.3) is 0 Å². The molecule has 0 radical (unpaired) electrons. The molecule has 6 nitrogen and oxygen atoms in total. The summed E-state index contributed by atoms with van der Waals surface area (Å²) in [6.07, 6.45) is 3.61. The normalized spacial score (nSPS) is 23.6. The SMILES string of the molecule is Cc1cc(Cl)ccc1S(=O)(=O)N1CCCC(CNC(=O)C2CCCN2)C1.Cl. The van der Waals surface area contributed by atoms with E-state index in [1.165, 1.54) is 4.31 Å². The van der Waals surface area contributed by atoms with E-state index < -0.39 is 10.0 Å². The highest BCUT2D eigenvalue weighted by atomic mass is 35.5. The molecule has 3 rings (SSSR count). The van der Waals surface area contributed by atoms with Crippen molar-refractivity contribution in [3.63, 3.8) is 0 Å². The molecule has 1 aromatic rings. The van der Waals surface area contributed by atoms with E-state index in [0.29, 0.717) is 35.1 Å². The van der Waals surface area contributed by atoms with E-state index in [9.17, 15) is 13.2 Å². The van der Waals surface area contributed by atoms with Crippen molar-refractivity contribution in [1.29, 1.82) is 0 Å². The number of piperidine rings is 1. The van der Waals surface area contributed by atoms with Crippen molar-refractivity contribution in [2.75, 3.05) is 26.2 Å². The molecule has 2 unspecified atom stereocenters. The Labute approximate surface area is 172 Å². The second kappa shape index (κ2) is 9.56. The molecule has 2 N–H and O–H groups in total. The molecule has 0 bridgehead atoms. The Balaban J connectivity index is 0.00000261. The second-order valence-electron chi connectivity index (χ2n) is 7.18. The topological polar surface area (TPSA) is 78.5 Å². The molecule has 2 heterocycles. The van der Waals surface area contributed by atoms with Crippen LogP contribution in [0.3, 0.4) is 0 Å². The van der Waals surface area contributed by atoms with Gasteiger partial charge in [-0.2, -0.15) is 4.31 Å². The fraction of sp³-hybridized carbons (Fsp3) is 0.611. The van der Waals surface area contributed by atoms with Gasteiger partial charge in [-0.1, -0.05) is 11.6 Å². The maximum atomic E-state index is 13.0. The van der Waals surface area contributed by atoms with Gasteiger partial charge in [-0.3, -0.25) is 4.79 Å². The van der Waals surface area contributed by atoms with Gasteiger partial charge >= 0.3 is 0 Å². The quantitative estimate of drug-likeness (QED) is 0.743. The van der Waals surface area contributed by atoms with Crippen molar-refractivity contribution >= 4 is 39.9 Å². The monoisotopic (exact) mass is 435 g/mol. The van der Waals surface area contributed by atoms with Gasteiger partial charge in [0.2, 0.25) is 15.9 Å². The van der Waals surface area contributed by atoms with Gasteiger partial charge in [0.05, 0.1) is 10.9 Å². The molecular weight excluding hydrogens is 409 g/mol. The molecule has 2 aliphatic heterocycles. The van der Waals surface area contributed by atoms with Crippen LogP contribution in [-0.2, 0) is 14.8 Å². The van der Waals surface area contributed by atoms with Crippen LogP contribution in [0.2, 0.25) is 5.02 Å². The lowest BCUT2D eigenvalue weighted by Gasteiger charge is -2.32. The Morgan fingerprint density at radius 1 is 1.33 bits per heavy atom. The summed E-state index contributed by atoms with van der Waals surface area (Å²) in [6, 6.07) is 4.75. The molecule has 2 aliphatic rings. The molecule has 152 valence electrons. The van der Waals surface area contributed by atoms with Gasteiger partial charge < -0.3 is 10.6 Å². The van der Waals surface area contributed by atoms with Crippen molar-refractivity contribution in [2.24, 2.45) is 5.92 Å². The molecule has 0 spiro atoms. The predicted molar refractivity (Wildman–Crippen MR) is 109 cm³/mol. The predicted octanol–water partition coefficient (Wildman–Crippen LogP) is 2.34. The van der Waals surface area contributed by atoms with Crippen LogP contribution in [0.1, 0.15) is 31.2 Å². The number of carbonyl (C=O) groups excluding carboxylic acids is 1. The number of rotatable bonds is 5. The van der Waals surface area contributed by atoms with Crippen molar-refractivity contribution in [3.8, 4) is 0 Å². The van der Waals surface area contributed by atoms with Crippen LogP contribution in [0, 0.1) is 12.8 Å². The molecule has 9 heteroatoms. The molecule has 2 atom stereocenters. The standard InChI is InChI=1S/C18H26ClN3O3S.ClH/c1-13-10-15(19)6-7-17(13)26(24,25)22-9-3-4-14(12-22)11-21-18(23)16-5-2-8-20-16;/h6-7,10,14,16,20H,2-5,8-9,11-12H2,1H3,(H,21,23);1H. The highest BCUT2D eigenvalue weighted by Crippen LogP contribution is 2.27. The third-order valence-corrected chi connectivity index (χ3v) is 7.44. The number of amides is 1. The molecule has 1 aromatic carbocycles. The first kappa shape index (κ1) is 22.4. The first-order valence-corrected chi connectivity index (χ1v) is 11.0. The molecule has 2 fully saturated rings. The molecule has 1 amide bonds. The first-order chi connectivity index (χ1) is 12.4. The summed E-state index contributed by atoms with van der Waals surface area (Å²) in [5, 5.41) is 6.69. The fourth-order valence-corrected chi connectivity index (χ4v) is 5.72. The average molecular weight is 436 g/mol. The van der Waals surface area contributed by atoms with E-state index in [-0.39, 0.29) is 30.3 Å². The number of hydrogen-bond acceptors (Lipinski definition) is 4. The van der Waals surface area contributed by atoms with Crippen LogP contribution in [0.15, 0.2) is 23.1 Å². The van der Waals surface area contributed by atoms with E-state index in [2.05, 4.69) is 10.6 Å². The number of hydrogen-bond donors (Lipinski definition) is 2. The third-order valence-electron chi connectivity index (χ3n) is 5.18.